The van der Waals surface area contributed by atoms with Gasteiger partial charge in [-0.05, 0) is 253 Å². The number of rotatable bonds is 14. The Bertz CT molecular complexity index is 5100. The van der Waals surface area contributed by atoms with Gasteiger partial charge in [0.2, 0.25) is 13.4 Å². The molecule has 0 spiro atoms. The summed E-state index contributed by atoms with van der Waals surface area (Å²) in [5.41, 5.74) is 39.9. The summed E-state index contributed by atoms with van der Waals surface area (Å²) in [6.45, 7) is 29.0. The van der Waals surface area contributed by atoms with Crippen LogP contribution in [0.5, 0.6) is 0 Å². The number of nitrogens with zero attached hydrogens (tertiary/aromatic N) is 2. The van der Waals surface area contributed by atoms with Gasteiger partial charge in [0.05, 0.1) is 0 Å². The van der Waals surface area contributed by atoms with E-state index in [1.807, 2.05) is 0 Å². The Morgan fingerprint density at radius 3 is 0.806 bits per heavy atom. The van der Waals surface area contributed by atoms with Gasteiger partial charge in [0.15, 0.2) is 0 Å². The third kappa shape index (κ3) is 8.88. The number of benzene rings is 14. The highest BCUT2D eigenvalue weighted by atomic mass is 15.1. The van der Waals surface area contributed by atoms with Crippen molar-refractivity contribution in [2.45, 2.75) is 119 Å². The summed E-state index contributed by atoms with van der Waals surface area (Å²) >= 11 is 0. The van der Waals surface area contributed by atoms with Crippen molar-refractivity contribution in [2.24, 2.45) is 0 Å². The van der Waals surface area contributed by atoms with Crippen LogP contribution in [0.2, 0.25) is 0 Å². The van der Waals surface area contributed by atoms with Crippen molar-refractivity contribution in [3.8, 4) is 66.8 Å². The lowest BCUT2D eigenvalue weighted by molar-refractivity contribution is 0.807. The highest BCUT2D eigenvalue weighted by Gasteiger charge is 2.46. The largest absolute Gasteiger partial charge is 0.310 e. The van der Waals surface area contributed by atoms with Gasteiger partial charge in [-0.15, -0.1) is 0 Å². The summed E-state index contributed by atoms with van der Waals surface area (Å²) in [5.74, 6) is 1.78. The number of hydrogen-bond acceptors (Lipinski definition) is 2. The zero-order valence-electron chi connectivity index (χ0n) is 58.6. The molecule has 2 nitrogen and oxygen atoms in total. The van der Waals surface area contributed by atoms with Gasteiger partial charge < -0.3 is 9.80 Å². The van der Waals surface area contributed by atoms with E-state index in [0.29, 0.717) is 11.8 Å². The molecule has 18 rings (SSSR count). The fraction of sp³-hybridized carbons (Fsp3) is 0.191. The zero-order valence-corrected chi connectivity index (χ0v) is 58.6. The van der Waals surface area contributed by atoms with E-state index < -0.39 is 0 Å². The second-order valence-electron chi connectivity index (χ2n) is 30.5. The molecule has 14 aromatic rings. The number of fused-ring (bicyclic) bond motifs is 10. The maximum atomic E-state index is 2.77. The van der Waals surface area contributed by atoms with Gasteiger partial charge in [-0.3, -0.25) is 0 Å². The van der Waals surface area contributed by atoms with Crippen LogP contribution in [-0.2, 0) is 0 Å². The number of hydrogen-bond donors (Lipinski definition) is 0. The van der Waals surface area contributed by atoms with Crippen LogP contribution in [0, 0.1) is 0 Å². The molecular formula is C94H82B2N2. The van der Waals surface area contributed by atoms with Crippen LogP contribution in [0.3, 0.4) is 0 Å². The van der Waals surface area contributed by atoms with Crippen molar-refractivity contribution in [1.82, 2.24) is 0 Å². The van der Waals surface area contributed by atoms with Crippen LogP contribution >= 0.6 is 0 Å². The van der Waals surface area contributed by atoms with Crippen LogP contribution in [0.25, 0.3) is 99.1 Å². The van der Waals surface area contributed by atoms with Gasteiger partial charge in [-0.25, -0.2) is 0 Å². The first kappa shape index (κ1) is 60.3. The van der Waals surface area contributed by atoms with Crippen molar-refractivity contribution in [1.29, 1.82) is 0 Å². The monoisotopic (exact) mass is 1260 g/mol. The maximum absolute atomic E-state index is 2.77. The van der Waals surface area contributed by atoms with E-state index in [4.69, 9.17) is 0 Å². The van der Waals surface area contributed by atoms with Gasteiger partial charge in [0, 0.05) is 34.1 Å². The predicted molar refractivity (Wildman–Crippen MR) is 426 cm³/mol. The second kappa shape index (κ2) is 22.7. The Kier molecular flexibility index (Phi) is 14.0. The van der Waals surface area contributed by atoms with Crippen molar-refractivity contribution in [3.05, 3.63) is 276 Å². The quantitative estimate of drug-likeness (QED) is 0.0791. The molecule has 0 saturated heterocycles. The van der Waals surface area contributed by atoms with Crippen LogP contribution in [0.4, 0.5) is 34.1 Å². The molecule has 474 valence electrons. The summed E-state index contributed by atoms with van der Waals surface area (Å²) in [7, 11) is 0. The first-order chi connectivity index (χ1) is 47.6. The average Bonchev–Trinajstić information content (AvgIpc) is 1.20. The summed E-state index contributed by atoms with van der Waals surface area (Å²) in [4.78, 5) is 4.99. The molecule has 98 heavy (non-hydrogen) atoms. The highest BCUT2D eigenvalue weighted by molar-refractivity contribution is 7.03. The first-order valence-electron chi connectivity index (χ1n) is 36.2. The average molecular weight is 1260 g/mol. The van der Waals surface area contributed by atoms with E-state index in [1.54, 1.807) is 0 Å². The van der Waals surface area contributed by atoms with Gasteiger partial charge in [0.1, 0.15) is 0 Å². The van der Waals surface area contributed by atoms with E-state index in [-0.39, 0.29) is 37.1 Å². The van der Waals surface area contributed by atoms with E-state index in [2.05, 4.69) is 336 Å². The van der Waals surface area contributed by atoms with Crippen molar-refractivity contribution in [2.75, 3.05) is 9.80 Å². The molecule has 0 amide bonds. The van der Waals surface area contributed by atoms with Crippen LogP contribution in [0.1, 0.15) is 152 Å². The summed E-state index contributed by atoms with van der Waals surface area (Å²) in [6.07, 6.45) is 0. The number of anilines is 6. The van der Waals surface area contributed by atoms with Gasteiger partial charge in [0.25, 0.3) is 0 Å². The van der Waals surface area contributed by atoms with E-state index in [1.165, 1.54) is 165 Å². The lowest BCUT2D eigenvalue weighted by atomic mass is 9.34. The predicted octanol–water partition coefficient (Wildman–Crippen LogP) is 22.6. The van der Waals surface area contributed by atoms with Gasteiger partial charge in [-0.2, -0.15) is 0 Å². The summed E-state index contributed by atoms with van der Waals surface area (Å²) in [5, 5.41) is 8.28. The number of para-hydroxylation sites is 4. The SMILES string of the molecule is CC(C)c1cc(C(C)C)c(-c2cc3c4c(cc5c(-c6c(C(C)C)cc(C(C)C)cc6C(C)C)cc6c7c(cc2c4c57)B2c4ccccc4-c4cc(N(c5ccccc5)c5ccccc5)cc-6c42)B2c4ccccc4-c4cc(N(c5ccccc5)c5ccccc5)cc-3c42)c(C(C)C)c1. The minimum Gasteiger partial charge on any atom is -0.310 e. The standard InChI is InChI=1S/C94H82B2N2/c1-53(2)59-41-69(55(5)6)87(70(42-59)56(7)8)73-49-75-81-47-65(97(61-29-17-13-18-30-61)62-31-19-14-20-32-62)45-79-67-37-26-28-40-84(67)96(93(79)81)86-52-78-74(88-71(57(9)10)43-60(54(3)4)44-72(88)58(11)12)50-76-82-48-66(98(63-33-21-15-22-34-63)64-35-23-16-24-36-64)46-80-68-38-25-27-39-83(68)95(94(80)82)85-51-77(73)91(89(75)86)92(78)90(76)85/h13-58H,1-12H3. The molecule has 14 aromatic carbocycles. The third-order valence-corrected chi connectivity index (χ3v) is 22.8. The molecule has 0 fully saturated rings. The van der Waals surface area contributed by atoms with E-state index in [0.717, 1.165) is 34.1 Å². The maximum Gasteiger partial charge on any atom is 0.244 e. The molecule has 0 unspecified atom stereocenters. The summed E-state index contributed by atoms with van der Waals surface area (Å²) in [6, 6.07) is 94.7. The molecule has 4 heterocycles. The lowest BCUT2D eigenvalue weighted by Crippen LogP contribution is -2.53. The van der Waals surface area contributed by atoms with E-state index >= 15 is 0 Å². The van der Waals surface area contributed by atoms with E-state index in [9.17, 15) is 0 Å². The molecule has 4 aliphatic heterocycles. The Balaban J connectivity index is 1.08. The Morgan fingerprint density at radius 1 is 0.224 bits per heavy atom. The molecule has 0 N–H and O–H groups in total. The molecule has 4 aliphatic rings. The zero-order chi connectivity index (χ0) is 66.8. The minimum absolute atomic E-state index is 0.00764. The second-order valence-corrected chi connectivity index (χ2v) is 30.5. The summed E-state index contributed by atoms with van der Waals surface area (Å²) < 4.78 is 0. The lowest BCUT2D eigenvalue weighted by Gasteiger charge is -2.35. The van der Waals surface area contributed by atoms with Crippen molar-refractivity contribution >= 4 is 113 Å². The normalized spacial score (nSPS) is 13.0. The van der Waals surface area contributed by atoms with Crippen molar-refractivity contribution in [3.63, 3.8) is 0 Å². The molecule has 0 aliphatic carbocycles. The molecule has 0 atom stereocenters. The highest BCUT2D eigenvalue weighted by Crippen LogP contribution is 2.56. The topological polar surface area (TPSA) is 6.48 Å². The smallest absolute Gasteiger partial charge is 0.244 e. The molecular weight excluding hydrogens is 1180 g/mol. The molecule has 4 heteroatoms. The molecule has 0 bridgehead atoms. The van der Waals surface area contributed by atoms with Gasteiger partial charge in [-0.1, -0.05) is 274 Å². The van der Waals surface area contributed by atoms with Crippen LogP contribution < -0.4 is 42.6 Å². The van der Waals surface area contributed by atoms with Gasteiger partial charge >= 0.3 is 0 Å². The van der Waals surface area contributed by atoms with Crippen LogP contribution in [0.15, 0.2) is 243 Å². The third-order valence-electron chi connectivity index (χ3n) is 22.8. The van der Waals surface area contributed by atoms with Crippen molar-refractivity contribution < 1.29 is 0 Å². The fourth-order valence-corrected chi connectivity index (χ4v) is 18.3. The minimum atomic E-state index is -0.00764. The molecule has 0 radical (unpaired) electrons. The Hall–Kier alpha value is -10.2. The Labute approximate surface area is 580 Å². The molecule has 0 aromatic heterocycles. The fourth-order valence-electron chi connectivity index (χ4n) is 18.3. The molecule has 0 saturated carbocycles. The first-order valence-corrected chi connectivity index (χ1v) is 36.2. The van der Waals surface area contributed by atoms with Crippen LogP contribution in [-0.4, -0.2) is 13.4 Å². The Morgan fingerprint density at radius 2 is 0.510 bits per heavy atom.